The lowest BCUT2D eigenvalue weighted by molar-refractivity contribution is 0.316. The van der Waals surface area contributed by atoms with E-state index in [-0.39, 0.29) is 0 Å². The van der Waals surface area contributed by atoms with Crippen LogP contribution in [-0.2, 0) is 0 Å². The lowest BCUT2D eigenvalue weighted by atomic mass is 9.80. The second-order valence-electron chi connectivity index (χ2n) is 4.02. The van der Waals surface area contributed by atoms with Crippen LogP contribution in [-0.4, -0.2) is 10.5 Å². The standard InChI is InChI=1S/C10H18S/c1-3-7-5-10-8(4-2)6-9(7)11-10/h7-10H,3-6H2,1-2H3/t7-,8-,9+,10+/m0/s1. The normalized spacial score (nSPS) is 48.5. The molecule has 64 valence electrons. The first-order valence-electron chi connectivity index (χ1n) is 5.00. The van der Waals surface area contributed by atoms with E-state index < -0.39 is 0 Å². The molecule has 0 nitrogen and oxygen atoms in total. The van der Waals surface area contributed by atoms with E-state index in [2.05, 4.69) is 25.6 Å². The summed E-state index contributed by atoms with van der Waals surface area (Å²) in [6.07, 6.45) is 5.91. The molecule has 0 unspecified atom stereocenters. The van der Waals surface area contributed by atoms with Crippen molar-refractivity contribution in [2.75, 3.05) is 0 Å². The van der Waals surface area contributed by atoms with Gasteiger partial charge >= 0.3 is 0 Å². The second kappa shape index (κ2) is 3.01. The summed E-state index contributed by atoms with van der Waals surface area (Å²) in [5.41, 5.74) is 0. The fraction of sp³-hybridized carbons (Fsp3) is 1.00. The van der Waals surface area contributed by atoms with Gasteiger partial charge in [-0.15, -0.1) is 0 Å². The molecule has 2 heterocycles. The fourth-order valence-corrected chi connectivity index (χ4v) is 4.92. The van der Waals surface area contributed by atoms with Gasteiger partial charge in [0.25, 0.3) is 0 Å². The van der Waals surface area contributed by atoms with E-state index in [4.69, 9.17) is 0 Å². The van der Waals surface area contributed by atoms with E-state index in [0.717, 1.165) is 22.3 Å². The second-order valence-corrected chi connectivity index (χ2v) is 5.50. The van der Waals surface area contributed by atoms with E-state index in [1.165, 1.54) is 25.7 Å². The Morgan fingerprint density at radius 3 is 1.73 bits per heavy atom. The van der Waals surface area contributed by atoms with Crippen LogP contribution in [0.15, 0.2) is 0 Å². The summed E-state index contributed by atoms with van der Waals surface area (Å²) >= 11 is 2.30. The predicted molar refractivity (Wildman–Crippen MR) is 52.0 cm³/mol. The smallest absolute Gasteiger partial charge is 0.00815 e. The van der Waals surface area contributed by atoms with Gasteiger partial charge in [0.2, 0.25) is 0 Å². The Morgan fingerprint density at radius 2 is 1.45 bits per heavy atom. The molecule has 0 aliphatic carbocycles. The molecule has 0 radical (unpaired) electrons. The van der Waals surface area contributed by atoms with Crippen LogP contribution in [0.25, 0.3) is 0 Å². The highest BCUT2D eigenvalue weighted by atomic mass is 32.2. The van der Waals surface area contributed by atoms with Gasteiger partial charge in [0.05, 0.1) is 0 Å². The summed E-state index contributed by atoms with van der Waals surface area (Å²) in [5.74, 6) is 2.15. The van der Waals surface area contributed by atoms with Gasteiger partial charge < -0.3 is 0 Å². The Labute approximate surface area is 74.1 Å². The molecule has 2 bridgehead atoms. The molecule has 0 N–H and O–H groups in total. The van der Waals surface area contributed by atoms with Crippen molar-refractivity contribution in [3.63, 3.8) is 0 Å². The van der Waals surface area contributed by atoms with Crippen molar-refractivity contribution >= 4 is 11.8 Å². The van der Waals surface area contributed by atoms with Gasteiger partial charge in [-0.1, -0.05) is 26.7 Å². The minimum Gasteiger partial charge on any atom is -0.155 e. The van der Waals surface area contributed by atoms with Crippen molar-refractivity contribution in [1.82, 2.24) is 0 Å². The summed E-state index contributed by atoms with van der Waals surface area (Å²) in [4.78, 5) is 0. The SMILES string of the molecule is CC[C@H]1C[C@H]2S[C@@H]1C[C@@H]2CC. The van der Waals surface area contributed by atoms with E-state index in [1.807, 2.05) is 0 Å². The first kappa shape index (κ1) is 7.97. The lowest BCUT2D eigenvalue weighted by Gasteiger charge is -2.24. The first-order chi connectivity index (χ1) is 5.35. The maximum absolute atomic E-state index is 2.35. The molecular weight excluding hydrogens is 152 g/mol. The number of hydrogen-bond donors (Lipinski definition) is 0. The summed E-state index contributed by atoms with van der Waals surface area (Å²) in [5, 5.41) is 2.10. The molecule has 0 spiro atoms. The van der Waals surface area contributed by atoms with Crippen LogP contribution in [0.1, 0.15) is 39.5 Å². The van der Waals surface area contributed by atoms with Gasteiger partial charge in [-0.3, -0.25) is 0 Å². The quantitative estimate of drug-likeness (QED) is 0.612. The highest BCUT2D eigenvalue weighted by Crippen LogP contribution is 2.54. The van der Waals surface area contributed by atoms with Crippen molar-refractivity contribution in [3.05, 3.63) is 0 Å². The third kappa shape index (κ3) is 1.22. The minimum atomic E-state index is 1.05. The lowest BCUT2D eigenvalue weighted by Crippen LogP contribution is -2.22. The molecule has 2 saturated heterocycles. The van der Waals surface area contributed by atoms with Crippen molar-refractivity contribution in [2.24, 2.45) is 11.8 Å². The summed E-state index contributed by atoms with van der Waals surface area (Å²) in [7, 11) is 0. The summed E-state index contributed by atoms with van der Waals surface area (Å²) in [6, 6.07) is 0. The number of rotatable bonds is 2. The Morgan fingerprint density at radius 1 is 1.00 bits per heavy atom. The van der Waals surface area contributed by atoms with Crippen molar-refractivity contribution in [2.45, 2.75) is 50.0 Å². The van der Waals surface area contributed by atoms with Gasteiger partial charge in [0.15, 0.2) is 0 Å². The molecule has 0 aromatic carbocycles. The largest absolute Gasteiger partial charge is 0.155 e. The zero-order valence-corrected chi connectivity index (χ0v) is 8.36. The Kier molecular flexibility index (Phi) is 2.18. The Hall–Kier alpha value is 0.350. The van der Waals surface area contributed by atoms with Crippen molar-refractivity contribution in [3.8, 4) is 0 Å². The van der Waals surface area contributed by atoms with E-state index in [1.54, 1.807) is 0 Å². The molecule has 1 heteroatoms. The van der Waals surface area contributed by atoms with Gasteiger partial charge in [-0.2, -0.15) is 11.8 Å². The van der Waals surface area contributed by atoms with Crippen LogP contribution in [0.3, 0.4) is 0 Å². The molecule has 0 aromatic heterocycles. The molecule has 4 atom stereocenters. The third-order valence-electron chi connectivity index (χ3n) is 3.52. The van der Waals surface area contributed by atoms with Crippen molar-refractivity contribution < 1.29 is 0 Å². The summed E-state index contributed by atoms with van der Waals surface area (Å²) in [6.45, 7) is 4.71. The highest BCUT2D eigenvalue weighted by Gasteiger charge is 2.44. The van der Waals surface area contributed by atoms with Gasteiger partial charge in [0.1, 0.15) is 0 Å². The highest BCUT2D eigenvalue weighted by molar-refractivity contribution is 8.01. The number of fused-ring (bicyclic) bond motifs is 2. The van der Waals surface area contributed by atoms with Crippen LogP contribution in [0.2, 0.25) is 0 Å². The van der Waals surface area contributed by atoms with Crippen LogP contribution >= 0.6 is 11.8 Å². The molecule has 2 aliphatic rings. The van der Waals surface area contributed by atoms with Crippen LogP contribution in [0.4, 0.5) is 0 Å². The fourth-order valence-electron chi connectivity index (χ4n) is 2.70. The van der Waals surface area contributed by atoms with Crippen molar-refractivity contribution in [1.29, 1.82) is 0 Å². The van der Waals surface area contributed by atoms with E-state index in [9.17, 15) is 0 Å². The molecule has 0 amide bonds. The maximum atomic E-state index is 2.35. The Balaban J connectivity index is 1.97. The average Bonchev–Trinajstić information content (AvgIpc) is 2.60. The predicted octanol–water partition coefficient (Wildman–Crippen LogP) is 3.32. The molecule has 2 rings (SSSR count). The van der Waals surface area contributed by atoms with Crippen LogP contribution in [0, 0.1) is 11.8 Å². The topological polar surface area (TPSA) is 0 Å². The van der Waals surface area contributed by atoms with Gasteiger partial charge in [-0.25, -0.2) is 0 Å². The zero-order chi connectivity index (χ0) is 7.84. The molecule has 0 aromatic rings. The Bertz CT molecular complexity index is 128. The zero-order valence-electron chi connectivity index (χ0n) is 7.55. The van der Waals surface area contributed by atoms with Crippen LogP contribution < -0.4 is 0 Å². The van der Waals surface area contributed by atoms with Gasteiger partial charge in [0, 0.05) is 10.5 Å². The molecule has 0 saturated carbocycles. The molecule has 2 fully saturated rings. The minimum absolute atomic E-state index is 1.05. The number of hydrogen-bond acceptors (Lipinski definition) is 1. The van der Waals surface area contributed by atoms with Gasteiger partial charge in [-0.05, 0) is 24.7 Å². The number of thioether (sulfide) groups is 1. The molecular formula is C10H18S. The van der Waals surface area contributed by atoms with Crippen LogP contribution in [0.5, 0.6) is 0 Å². The molecule has 2 aliphatic heterocycles. The monoisotopic (exact) mass is 170 g/mol. The summed E-state index contributed by atoms with van der Waals surface area (Å²) < 4.78 is 0. The van der Waals surface area contributed by atoms with E-state index in [0.29, 0.717) is 0 Å². The van der Waals surface area contributed by atoms with E-state index >= 15 is 0 Å². The third-order valence-corrected chi connectivity index (χ3v) is 5.37. The first-order valence-corrected chi connectivity index (χ1v) is 5.94. The average molecular weight is 170 g/mol. The molecule has 11 heavy (non-hydrogen) atoms. The maximum Gasteiger partial charge on any atom is 0.00815 e.